The summed E-state index contributed by atoms with van der Waals surface area (Å²) in [6.45, 7) is 7.69. The van der Waals surface area contributed by atoms with Crippen molar-refractivity contribution >= 4 is 34.6 Å². The molecular formula is C19H20ClN3O2. The molecular weight excluding hydrogens is 338 g/mol. The standard InChI is InChI=1S/C19H20ClN3O2/c1-12-9-13(11-14(20)10-12)17(24)23(19(2,3)4)22-18-21-15-7-5-6-8-16(15)25-18/h5-11H,1-4H3,(H,21,22). The Morgan fingerprint density at radius 3 is 2.56 bits per heavy atom. The third-order valence-corrected chi connectivity index (χ3v) is 3.88. The maximum absolute atomic E-state index is 13.1. The molecule has 1 amide bonds. The molecule has 130 valence electrons. The number of halogens is 1. The molecule has 0 unspecified atom stereocenters. The van der Waals surface area contributed by atoms with Gasteiger partial charge < -0.3 is 4.42 Å². The van der Waals surface area contributed by atoms with Crippen molar-refractivity contribution in [2.75, 3.05) is 5.43 Å². The third-order valence-electron chi connectivity index (χ3n) is 3.66. The lowest BCUT2D eigenvalue weighted by Gasteiger charge is -2.35. The third kappa shape index (κ3) is 3.77. The molecule has 3 aromatic rings. The average molecular weight is 358 g/mol. The zero-order valence-electron chi connectivity index (χ0n) is 14.6. The number of aromatic nitrogens is 1. The van der Waals surface area contributed by atoms with Crippen molar-refractivity contribution in [3.8, 4) is 0 Å². The Balaban J connectivity index is 1.95. The number of hydrogen-bond donors (Lipinski definition) is 1. The molecule has 0 bridgehead atoms. The van der Waals surface area contributed by atoms with Gasteiger partial charge in [-0.05, 0) is 63.6 Å². The van der Waals surface area contributed by atoms with Gasteiger partial charge in [0.05, 0.1) is 5.54 Å². The number of carbonyl (C=O) groups excluding carboxylic acids is 1. The van der Waals surface area contributed by atoms with Gasteiger partial charge in [-0.2, -0.15) is 4.98 Å². The van der Waals surface area contributed by atoms with E-state index in [2.05, 4.69) is 10.4 Å². The molecule has 0 fully saturated rings. The van der Waals surface area contributed by atoms with Crippen LogP contribution in [-0.2, 0) is 0 Å². The number of oxazole rings is 1. The number of rotatable bonds is 3. The first-order valence-electron chi connectivity index (χ1n) is 7.98. The highest BCUT2D eigenvalue weighted by Crippen LogP contribution is 2.24. The minimum absolute atomic E-state index is 0.208. The fourth-order valence-corrected chi connectivity index (χ4v) is 2.82. The second-order valence-electron chi connectivity index (χ2n) is 6.93. The lowest BCUT2D eigenvalue weighted by Crippen LogP contribution is -2.49. The number of aryl methyl sites for hydroxylation is 1. The van der Waals surface area contributed by atoms with Crippen LogP contribution in [0.2, 0.25) is 5.02 Å². The van der Waals surface area contributed by atoms with E-state index < -0.39 is 5.54 Å². The number of fused-ring (bicyclic) bond motifs is 1. The molecule has 0 aliphatic rings. The molecule has 0 radical (unpaired) electrons. The molecule has 0 saturated heterocycles. The van der Waals surface area contributed by atoms with Gasteiger partial charge in [-0.15, -0.1) is 0 Å². The van der Waals surface area contributed by atoms with Gasteiger partial charge in [-0.3, -0.25) is 4.79 Å². The van der Waals surface area contributed by atoms with E-state index >= 15 is 0 Å². The van der Waals surface area contributed by atoms with Crippen LogP contribution in [0.15, 0.2) is 46.9 Å². The van der Waals surface area contributed by atoms with Crippen LogP contribution in [0.4, 0.5) is 6.01 Å². The van der Waals surface area contributed by atoms with Crippen molar-refractivity contribution in [2.24, 2.45) is 0 Å². The summed E-state index contributed by atoms with van der Waals surface area (Å²) in [4.78, 5) is 17.4. The molecule has 6 heteroatoms. The number of para-hydroxylation sites is 2. The van der Waals surface area contributed by atoms with Gasteiger partial charge in [0.25, 0.3) is 5.91 Å². The first kappa shape index (κ1) is 17.3. The maximum Gasteiger partial charge on any atom is 0.315 e. The van der Waals surface area contributed by atoms with Crippen LogP contribution in [0, 0.1) is 6.92 Å². The van der Waals surface area contributed by atoms with Crippen LogP contribution in [0.1, 0.15) is 36.7 Å². The van der Waals surface area contributed by atoms with E-state index in [1.54, 1.807) is 12.1 Å². The molecule has 0 aliphatic heterocycles. The van der Waals surface area contributed by atoms with Gasteiger partial charge in [-0.25, -0.2) is 10.4 Å². The monoisotopic (exact) mass is 357 g/mol. The number of nitrogens with zero attached hydrogens (tertiary/aromatic N) is 2. The topological polar surface area (TPSA) is 58.4 Å². The van der Waals surface area contributed by atoms with Crippen molar-refractivity contribution < 1.29 is 9.21 Å². The van der Waals surface area contributed by atoms with E-state index in [-0.39, 0.29) is 11.9 Å². The van der Waals surface area contributed by atoms with Crippen molar-refractivity contribution in [3.05, 3.63) is 58.6 Å². The number of hydrazine groups is 1. The number of hydrogen-bond acceptors (Lipinski definition) is 4. The number of carbonyl (C=O) groups is 1. The normalized spacial score (nSPS) is 11.6. The lowest BCUT2D eigenvalue weighted by atomic mass is 10.1. The van der Waals surface area contributed by atoms with Gasteiger partial charge >= 0.3 is 6.01 Å². The molecule has 2 aromatic carbocycles. The predicted molar refractivity (Wildman–Crippen MR) is 99.7 cm³/mol. The van der Waals surface area contributed by atoms with Crippen LogP contribution >= 0.6 is 11.6 Å². The Morgan fingerprint density at radius 1 is 1.20 bits per heavy atom. The molecule has 1 heterocycles. The zero-order valence-corrected chi connectivity index (χ0v) is 15.4. The van der Waals surface area contributed by atoms with Crippen LogP contribution in [-0.4, -0.2) is 21.4 Å². The SMILES string of the molecule is Cc1cc(Cl)cc(C(=O)N(Nc2nc3ccccc3o2)C(C)(C)C)c1. The van der Waals surface area contributed by atoms with E-state index in [4.69, 9.17) is 16.0 Å². The first-order valence-corrected chi connectivity index (χ1v) is 8.36. The largest absolute Gasteiger partial charge is 0.422 e. The van der Waals surface area contributed by atoms with Crippen molar-refractivity contribution in [2.45, 2.75) is 33.2 Å². The Morgan fingerprint density at radius 2 is 1.92 bits per heavy atom. The smallest absolute Gasteiger partial charge is 0.315 e. The van der Waals surface area contributed by atoms with E-state index in [1.165, 1.54) is 5.01 Å². The quantitative estimate of drug-likeness (QED) is 0.666. The van der Waals surface area contributed by atoms with E-state index in [9.17, 15) is 4.79 Å². The molecule has 25 heavy (non-hydrogen) atoms. The summed E-state index contributed by atoms with van der Waals surface area (Å²) in [5, 5.41) is 2.03. The van der Waals surface area contributed by atoms with E-state index in [1.807, 2.05) is 58.0 Å². The summed E-state index contributed by atoms with van der Waals surface area (Å²) < 4.78 is 5.68. The summed E-state index contributed by atoms with van der Waals surface area (Å²) in [5.74, 6) is -0.208. The first-order chi connectivity index (χ1) is 11.7. The molecule has 0 spiro atoms. The maximum atomic E-state index is 13.1. The summed E-state index contributed by atoms with van der Waals surface area (Å²) in [5.41, 5.74) is 5.31. The molecule has 0 atom stereocenters. The molecule has 5 nitrogen and oxygen atoms in total. The summed E-state index contributed by atoms with van der Waals surface area (Å²) in [6.07, 6.45) is 0. The van der Waals surface area contributed by atoms with Gasteiger partial charge in [0.1, 0.15) is 5.52 Å². The molecule has 1 N–H and O–H groups in total. The van der Waals surface area contributed by atoms with Crippen molar-refractivity contribution in [3.63, 3.8) is 0 Å². The Labute approximate surface area is 151 Å². The van der Waals surface area contributed by atoms with Crippen LogP contribution in [0.5, 0.6) is 0 Å². The summed E-state index contributed by atoms with van der Waals surface area (Å²) >= 11 is 6.10. The molecule has 3 rings (SSSR count). The minimum Gasteiger partial charge on any atom is -0.422 e. The number of amides is 1. The fraction of sp³-hybridized carbons (Fsp3) is 0.263. The highest BCUT2D eigenvalue weighted by Gasteiger charge is 2.29. The Kier molecular flexibility index (Phi) is 4.43. The summed E-state index contributed by atoms with van der Waals surface area (Å²) in [7, 11) is 0. The van der Waals surface area contributed by atoms with Crippen LogP contribution < -0.4 is 5.43 Å². The average Bonchev–Trinajstić information content (AvgIpc) is 2.92. The lowest BCUT2D eigenvalue weighted by molar-refractivity contribution is 0.0644. The molecule has 0 saturated carbocycles. The second kappa shape index (κ2) is 6.41. The van der Waals surface area contributed by atoms with E-state index in [0.29, 0.717) is 16.2 Å². The van der Waals surface area contributed by atoms with Crippen molar-refractivity contribution in [1.82, 2.24) is 9.99 Å². The predicted octanol–water partition coefficient (Wildman–Crippen LogP) is 5.06. The highest BCUT2D eigenvalue weighted by molar-refractivity contribution is 6.31. The Hall–Kier alpha value is -2.53. The highest BCUT2D eigenvalue weighted by atomic mass is 35.5. The second-order valence-corrected chi connectivity index (χ2v) is 7.36. The van der Waals surface area contributed by atoms with E-state index in [0.717, 1.165) is 11.1 Å². The van der Waals surface area contributed by atoms with Gasteiger partial charge in [0.2, 0.25) is 0 Å². The van der Waals surface area contributed by atoms with Gasteiger partial charge in [0.15, 0.2) is 5.58 Å². The number of benzene rings is 2. The number of anilines is 1. The zero-order chi connectivity index (χ0) is 18.2. The Bertz CT molecular complexity index is 875. The fourth-order valence-electron chi connectivity index (χ4n) is 2.53. The van der Waals surface area contributed by atoms with Crippen LogP contribution in [0.3, 0.4) is 0 Å². The molecule has 1 aromatic heterocycles. The minimum atomic E-state index is -0.506. The van der Waals surface area contributed by atoms with Gasteiger partial charge in [0, 0.05) is 10.6 Å². The van der Waals surface area contributed by atoms with Gasteiger partial charge in [-0.1, -0.05) is 23.7 Å². The van der Waals surface area contributed by atoms with Crippen LogP contribution in [0.25, 0.3) is 11.1 Å². The summed E-state index contributed by atoms with van der Waals surface area (Å²) in [6, 6.07) is 13.0. The number of nitrogens with one attached hydrogen (secondary N) is 1. The van der Waals surface area contributed by atoms with Crippen molar-refractivity contribution in [1.29, 1.82) is 0 Å². The molecule has 0 aliphatic carbocycles.